The predicted octanol–water partition coefficient (Wildman–Crippen LogP) is 0.00579. The van der Waals surface area contributed by atoms with Crippen LogP contribution in [0.15, 0.2) is 30.3 Å². The fourth-order valence-electron chi connectivity index (χ4n) is 0.564. The maximum Gasteiger partial charge on any atom is 1.00 e. The van der Waals surface area contributed by atoms with Crippen LogP contribution >= 0.6 is 23.2 Å². The Labute approximate surface area is 82.7 Å². The van der Waals surface area contributed by atoms with E-state index in [0.29, 0.717) is 4.84 Å². The zero-order valence-electron chi connectivity index (χ0n) is 5.64. The molecule has 1 rings (SSSR count). The molecule has 0 saturated heterocycles. The summed E-state index contributed by atoms with van der Waals surface area (Å²) in [7, 11) is 0. The summed E-state index contributed by atoms with van der Waals surface area (Å²) in [5.74, 6) is 0. The van der Waals surface area contributed by atoms with Crippen LogP contribution in [0.5, 0.6) is 0 Å². The van der Waals surface area contributed by atoms with Crippen LogP contribution in [0.3, 0.4) is 0 Å². The number of halogens is 2. The van der Waals surface area contributed by atoms with Gasteiger partial charge in [-0.05, 0) is 0 Å². The van der Waals surface area contributed by atoms with Crippen molar-refractivity contribution >= 4 is 23.2 Å². The molecule has 0 spiro atoms. The van der Waals surface area contributed by atoms with Crippen molar-refractivity contribution in [2.24, 2.45) is 0 Å². The van der Waals surface area contributed by atoms with Crippen LogP contribution in [0.1, 0.15) is 5.56 Å². The summed E-state index contributed by atoms with van der Waals surface area (Å²) in [5, 5.41) is 0. The van der Waals surface area contributed by atoms with E-state index in [0.717, 1.165) is 5.56 Å². The molecule has 10 heavy (non-hydrogen) atoms. The Hall–Kier alpha value is 0.267. The Bertz CT molecular complexity index is 174. The number of hydrogen-bond acceptors (Lipinski definition) is 0. The molecule has 0 aliphatic rings. The second-order valence-corrected chi connectivity index (χ2v) is 2.58. The van der Waals surface area contributed by atoms with Gasteiger partial charge in [0.15, 0.2) is 0 Å². The molecule has 0 saturated carbocycles. The first kappa shape index (κ1) is 10.3. The van der Waals surface area contributed by atoms with Gasteiger partial charge in [0, 0.05) is 4.84 Å². The molecule has 1 aromatic carbocycles. The maximum absolute atomic E-state index is 5.49. The van der Waals surface area contributed by atoms with Crippen molar-refractivity contribution in [2.75, 3.05) is 0 Å². The fourth-order valence-corrected chi connectivity index (χ4v) is 0.816. The minimum absolute atomic E-state index is 0. The first-order valence-electron chi connectivity index (χ1n) is 2.54. The van der Waals surface area contributed by atoms with Crippen molar-refractivity contribution in [1.29, 1.82) is 0 Å². The summed E-state index contributed by atoms with van der Waals surface area (Å²) in [6, 6.07) is 9.41. The van der Waals surface area contributed by atoms with E-state index in [9.17, 15) is 0 Å². The van der Waals surface area contributed by atoms with Crippen molar-refractivity contribution < 1.29 is 18.9 Å². The molecule has 0 fully saturated rings. The molecule has 0 N–H and O–H groups in total. The van der Waals surface area contributed by atoms with Gasteiger partial charge in [-0.15, -0.1) is 12.1 Å². The van der Waals surface area contributed by atoms with Gasteiger partial charge in [-0.25, -0.2) is 0 Å². The van der Waals surface area contributed by atoms with E-state index >= 15 is 0 Å². The van der Waals surface area contributed by atoms with Crippen molar-refractivity contribution in [2.45, 2.75) is 0 Å². The van der Waals surface area contributed by atoms with Gasteiger partial charge in [-0.1, -0.05) is 6.07 Å². The monoisotopic (exact) mass is 166 g/mol. The third-order valence-electron chi connectivity index (χ3n) is 0.992. The van der Waals surface area contributed by atoms with Crippen LogP contribution in [-0.4, -0.2) is 0 Å². The van der Waals surface area contributed by atoms with E-state index in [1.54, 1.807) is 0 Å². The first-order valence-corrected chi connectivity index (χ1v) is 3.29. The molecule has 0 amide bonds. The summed E-state index contributed by atoms with van der Waals surface area (Å²) in [6.07, 6.45) is 0. The summed E-state index contributed by atoms with van der Waals surface area (Å²) >= 11 is 11.0. The predicted molar refractivity (Wildman–Crippen MR) is 40.5 cm³/mol. The smallest absolute Gasteiger partial charge is 0.161 e. The van der Waals surface area contributed by atoms with Gasteiger partial charge in [0.25, 0.3) is 0 Å². The van der Waals surface area contributed by atoms with E-state index in [1.165, 1.54) is 0 Å². The normalized spacial score (nSPS) is 8.20. The van der Waals surface area contributed by atoms with E-state index in [1.807, 2.05) is 30.3 Å². The van der Waals surface area contributed by atoms with Gasteiger partial charge in [0.1, 0.15) is 0 Å². The molecule has 0 nitrogen and oxygen atoms in total. The molecular formula is C7H5Cl2Li. The Balaban J connectivity index is 0.000000810. The molecule has 0 aliphatic heterocycles. The number of rotatable bonds is 1. The molecule has 3 heteroatoms. The first-order chi connectivity index (χ1) is 4.30. The van der Waals surface area contributed by atoms with E-state index in [4.69, 9.17) is 23.2 Å². The second-order valence-electron chi connectivity index (χ2n) is 1.63. The Morgan fingerprint density at radius 1 is 1.00 bits per heavy atom. The van der Waals surface area contributed by atoms with Gasteiger partial charge in [0.05, 0.1) is 0 Å². The van der Waals surface area contributed by atoms with Crippen LogP contribution in [0.25, 0.3) is 0 Å². The molecule has 0 bridgehead atoms. The topological polar surface area (TPSA) is 0 Å². The van der Waals surface area contributed by atoms with Crippen molar-refractivity contribution in [3.8, 4) is 0 Å². The third kappa shape index (κ3) is 2.90. The van der Waals surface area contributed by atoms with Gasteiger partial charge >= 0.3 is 18.9 Å². The number of benzene rings is 1. The van der Waals surface area contributed by atoms with Crippen LogP contribution in [0, 0.1) is 4.84 Å². The summed E-state index contributed by atoms with van der Waals surface area (Å²) in [5.41, 5.74) is 0.862. The Morgan fingerprint density at radius 2 is 1.50 bits per heavy atom. The average molecular weight is 167 g/mol. The van der Waals surface area contributed by atoms with E-state index < -0.39 is 0 Å². The van der Waals surface area contributed by atoms with Crippen molar-refractivity contribution in [3.05, 3.63) is 40.7 Å². The van der Waals surface area contributed by atoms with Gasteiger partial charge in [0.2, 0.25) is 0 Å². The third-order valence-corrected chi connectivity index (χ3v) is 1.43. The van der Waals surface area contributed by atoms with Crippen LogP contribution < -0.4 is 18.9 Å². The SMILES string of the molecule is Cl[C-](Cl)c1ccccc1.[Li+]. The summed E-state index contributed by atoms with van der Waals surface area (Å²) < 4.78 is 0. The van der Waals surface area contributed by atoms with Crippen LogP contribution in [0.2, 0.25) is 0 Å². The van der Waals surface area contributed by atoms with E-state index in [2.05, 4.69) is 0 Å². The van der Waals surface area contributed by atoms with Crippen molar-refractivity contribution in [1.82, 2.24) is 0 Å². The van der Waals surface area contributed by atoms with Gasteiger partial charge in [-0.3, -0.25) is 0 Å². The zero-order chi connectivity index (χ0) is 6.69. The Kier molecular flexibility index (Phi) is 5.12. The van der Waals surface area contributed by atoms with Crippen LogP contribution in [0.4, 0.5) is 0 Å². The molecule has 48 valence electrons. The van der Waals surface area contributed by atoms with Gasteiger partial charge < -0.3 is 0 Å². The molecule has 0 aliphatic carbocycles. The standard InChI is InChI=1S/C7H5Cl2.Li/c8-7(9)6-4-2-1-3-5-6;/h1-5H;/q-1;+1. The Morgan fingerprint density at radius 3 is 1.80 bits per heavy atom. The van der Waals surface area contributed by atoms with Crippen LogP contribution in [-0.2, 0) is 0 Å². The largest absolute Gasteiger partial charge is 1.00 e. The molecular weight excluding hydrogens is 162 g/mol. The molecule has 0 atom stereocenters. The average Bonchev–Trinajstić information content (AvgIpc) is 1.90. The van der Waals surface area contributed by atoms with Gasteiger partial charge in [-0.2, -0.15) is 40.9 Å². The molecule has 0 aromatic heterocycles. The summed E-state index contributed by atoms with van der Waals surface area (Å²) in [4.78, 5) is 0.315. The van der Waals surface area contributed by atoms with Crippen molar-refractivity contribution in [3.63, 3.8) is 0 Å². The summed E-state index contributed by atoms with van der Waals surface area (Å²) in [6.45, 7) is 0. The minimum atomic E-state index is 0. The minimum Gasteiger partial charge on any atom is -0.161 e. The van der Waals surface area contributed by atoms with E-state index in [-0.39, 0.29) is 18.9 Å². The molecule has 0 unspecified atom stereocenters. The molecule has 1 aromatic rings. The zero-order valence-corrected chi connectivity index (χ0v) is 7.15. The molecule has 0 radical (unpaired) electrons. The number of hydrogen-bond donors (Lipinski definition) is 0. The molecule has 0 heterocycles. The fraction of sp³-hybridized carbons (Fsp3) is 0. The quantitative estimate of drug-likeness (QED) is 0.408. The second kappa shape index (κ2) is 4.99. The maximum atomic E-state index is 5.49.